The molecule has 0 N–H and O–H groups in total. The Labute approximate surface area is 231 Å². The maximum atomic E-state index is 5.50. The number of aromatic nitrogens is 9. The summed E-state index contributed by atoms with van der Waals surface area (Å²) in [6.07, 6.45) is 3.77. The van der Waals surface area contributed by atoms with Crippen LogP contribution in [0.3, 0.4) is 0 Å². The molecule has 0 bridgehead atoms. The van der Waals surface area contributed by atoms with E-state index in [9.17, 15) is 0 Å². The smallest absolute Gasteiger partial charge is 0.272 e. The van der Waals surface area contributed by atoms with Crippen molar-refractivity contribution in [2.75, 3.05) is 59.2 Å². The SMILES string of the molecule is c1cc(CN2CCOCC2)cc(-c2nc(-c3cn(CCN4CCOCC4)nn3)n(-c3nc4ccccn4n3)n2)c1. The Morgan fingerprint density at radius 1 is 0.800 bits per heavy atom. The molecule has 5 aromatic rings. The van der Waals surface area contributed by atoms with Crippen molar-refractivity contribution in [3.8, 4) is 28.9 Å². The van der Waals surface area contributed by atoms with Gasteiger partial charge in [0.2, 0.25) is 0 Å². The van der Waals surface area contributed by atoms with Crippen LogP contribution >= 0.6 is 0 Å². The maximum absolute atomic E-state index is 5.50. The first kappa shape index (κ1) is 25.0. The monoisotopic (exact) mass is 541 g/mol. The van der Waals surface area contributed by atoms with E-state index in [0.29, 0.717) is 23.3 Å². The van der Waals surface area contributed by atoms with E-state index in [1.54, 1.807) is 9.20 Å². The molecule has 4 aromatic heterocycles. The summed E-state index contributed by atoms with van der Waals surface area (Å²) in [5.74, 6) is 1.55. The Balaban J connectivity index is 1.20. The van der Waals surface area contributed by atoms with Gasteiger partial charge in [0.15, 0.2) is 23.0 Å². The second-order valence-electron chi connectivity index (χ2n) is 10.00. The summed E-state index contributed by atoms with van der Waals surface area (Å²) in [6, 6.07) is 14.1. The van der Waals surface area contributed by atoms with Crippen LogP contribution in [0.5, 0.6) is 0 Å². The van der Waals surface area contributed by atoms with Crippen molar-refractivity contribution in [3.63, 3.8) is 0 Å². The van der Waals surface area contributed by atoms with Crippen molar-refractivity contribution in [3.05, 3.63) is 60.4 Å². The van der Waals surface area contributed by atoms with E-state index >= 15 is 0 Å². The second-order valence-corrected chi connectivity index (χ2v) is 10.00. The lowest BCUT2D eigenvalue weighted by atomic mass is 10.1. The molecular formula is C27H31N11O2. The molecule has 0 amide bonds. The van der Waals surface area contributed by atoms with E-state index in [-0.39, 0.29) is 0 Å². The third kappa shape index (κ3) is 5.36. The molecule has 0 radical (unpaired) electrons. The van der Waals surface area contributed by atoms with Gasteiger partial charge in [0.1, 0.15) is 0 Å². The Hall–Kier alpha value is -4.04. The summed E-state index contributed by atoms with van der Waals surface area (Å²) in [5, 5.41) is 18.4. The lowest BCUT2D eigenvalue weighted by molar-refractivity contribution is 0.0342. The molecule has 0 spiro atoms. The summed E-state index contributed by atoms with van der Waals surface area (Å²) in [7, 11) is 0. The predicted molar refractivity (Wildman–Crippen MR) is 146 cm³/mol. The summed E-state index contributed by atoms with van der Waals surface area (Å²) in [5.41, 5.74) is 3.47. The van der Waals surface area contributed by atoms with Gasteiger partial charge in [-0.1, -0.05) is 29.5 Å². The van der Waals surface area contributed by atoms with Gasteiger partial charge in [-0.05, 0) is 23.8 Å². The zero-order chi connectivity index (χ0) is 26.7. The number of fused-ring (bicyclic) bond motifs is 1. The van der Waals surface area contributed by atoms with Crippen molar-refractivity contribution < 1.29 is 9.47 Å². The van der Waals surface area contributed by atoms with Crippen LogP contribution in [0.2, 0.25) is 0 Å². The van der Waals surface area contributed by atoms with Crippen molar-refractivity contribution in [2.24, 2.45) is 0 Å². The Kier molecular flexibility index (Phi) is 7.00. The summed E-state index contributed by atoms with van der Waals surface area (Å²) in [4.78, 5) is 14.4. The minimum atomic E-state index is 0.423. The average molecular weight is 542 g/mol. The lowest BCUT2D eigenvalue weighted by Gasteiger charge is -2.26. The van der Waals surface area contributed by atoms with Crippen LogP contribution < -0.4 is 0 Å². The van der Waals surface area contributed by atoms with Crippen molar-refractivity contribution >= 4 is 5.65 Å². The predicted octanol–water partition coefficient (Wildman–Crippen LogP) is 1.40. The quantitative estimate of drug-likeness (QED) is 0.285. The first-order valence-electron chi connectivity index (χ1n) is 13.7. The molecule has 2 saturated heterocycles. The van der Waals surface area contributed by atoms with Crippen molar-refractivity contribution in [1.82, 2.24) is 54.2 Å². The second kappa shape index (κ2) is 11.2. The fourth-order valence-corrected chi connectivity index (χ4v) is 5.05. The van der Waals surface area contributed by atoms with E-state index in [0.717, 1.165) is 83.5 Å². The van der Waals surface area contributed by atoms with Gasteiger partial charge in [0.05, 0.1) is 39.2 Å². The molecule has 1 aromatic carbocycles. The zero-order valence-electron chi connectivity index (χ0n) is 22.2. The number of ether oxygens (including phenoxy) is 2. The minimum absolute atomic E-state index is 0.423. The summed E-state index contributed by atoms with van der Waals surface area (Å²) in [6.45, 7) is 9.29. The molecule has 13 heteroatoms. The first-order valence-corrected chi connectivity index (χ1v) is 13.7. The van der Waals surface area contributed by atoms with Gasteiger partial charge in [0.25, 0.3) is 5.95 Å². The normalized spacial score (nSPS) is 17.1. The largest absolute Gasteiger partial charge is 0.379 e. The molecule has 0 aliphatic carbocycles. The fraction of sp³-hybridized carbons (Fsp3) is 0.407. The number of pyridine rings is 1. The Bertz CT molecular complexity index is 1550. The third-order valence-electron chi connectivity index (χ3n) is 7.24. The van der Waals surface area contributed by atoms with Crippen LogP contribution in [0, 0.1) is 0 Å². The van der Waals surface area contributed by atoms with Gasteiger partial charge < -0.3 is 9.47 Å². The molecule has 6 heterocycles. The van der Waals surface area contributed by atoms with Crippen molar-refractivity contribution in [2.45, 2.75) is 13.1 Å². The summed E-state index contributed by atoms with van der Waals surface area (Å²) < 4.78 is 16.2. The van der Waals surface area contributed by atoms with Gasteiger partial charge >= 0.3 is 0 Å². The molecule has 40 heavy (non-hydrogen) atoms. The van der Waals surface area contributed by atoms with Gasteiger partial charge in [-0.25, -0.2) is 9.50 Å². The lowest BCUT2D eigenvalue weighted by Crippen LogP contribution is -2.38. The number of morpholine rings is 2. The summed E-state index contributed by atoms with van der Waals surface area (Å²) >= 11 is 0. The molecule has 2 aliphatic heterocycles. The van der Waals surface area contributed by atoms with E-state index in [4.69, 9.17) is 24.5 Å². The molecule has 13 nitrogen and oxygen atoms in total. The molecule has 0 saturated carbocycles. The third-order valence-corrected chi connectivity index (χ3v) is 7.24. The van der Waals surface area contributed by atoms with Crippen molar-refractivity contribution in [1.29, 1.82) is 0 Å². The molecule has 2 aliphatic rings. The van der Waals surface area contributed by atoms with Gasteiger partial charge in [-0.3, -0.25) is 14.5 Å². The molecule has 0 unspecified atom stereocenters. The molecule has 206 valence electrons. The highest BCUT2D eigenvalue weighted by molar-refractivity contribution is 5.61. The van der Waals surface area contributed by atoms with Crippen LogP contribution in [-0.2, 0) is 22.6 Å². The molecule has 7 rings (SSSR count). The number of hydrogen-bond acceptors (Lipinski definition) is 10. The molecular weight excluding hydrogens is 510 g/mol. The van der Waals surface area contributed by atoms with Crippen LogP contribution in [0.25, 0.3) is 34.5 Å². The topological polar surface area (TPSA) is 117 Å². The fourth-order valence-electron chi connectivity index (χ4n) is 5.05. The molecule has 2 fully saturated rings. The number of benzene rings is 1. The standard InChI is InChI=1S/C27H31N11O2/c1-2-7-37-24(6-1)28-27(32-37)38-26(23-20-36(33-30-23)9-8-34-10-14-39-15-11-34)29-25(31-38)22-5-3-4-21(18-22)19-35-12-16-40-17-13-35/h1-7,18,20H,8-17,19H2. The number of hydrogen-bond donors (Lipinski definition) is 0. The van der Waals surface area contributed by atoms with Gasteiger partial charge in [-0.2, -0.15) is 9.67 Å². The Morgan fingerprint density at radius 3 is 2.45 bits per heavy atom. The van der Waals surface area contributed by atoms with E-state index in [1.807, 2.05) is 41.3 Å². The van der Waals surface area contributed by atoms with E-state index < -0.39 is 0 Å². The van der Waals surface area contributed by atoms with E-state index in [2.05, 4.69) is 43.4 Å². The Morgan fingerprint density at radius 2 is 1.62 bits per heavy atom. The van der Waals surface area contributed by atoms with Gasteiger partial charge in [-0.15, -0.1) is 15.3 Å². The number of rotatable bonds is 8. The van der Waals surface area contributed by atoms with E-state index in [1.165, 1.54) is 5.56 Å². The van der Waals surface area contributed by atoms with Crippen LogP contribution in [0.1, 0.15) is 5.56 Å². The highest BCUT2D eigenvalue weighted by Gasteiger charge is 2.21. The minimum Gasteiger partial charge on any atom is -0.379 e. The first-order chi connectivity index (χ1) is 19.8. The van der Waals surface area contributed by atoms with Crippen LogP contribution in [-0.4, -0.2) is 113 Å². The van der Waals surface area contributed by atoms with Gasteiger partial charge in [0, 0.05) is 51.0 Å². The average Bonchev–Trinajstić information content (AvgIpc) is 3.75. The van der Waals surface area contributed by atoms with Crippen LogP contribution in [0.15, 0.2) is 54.9 Å². The van der Waals surface area contributed by atoms with Crippen LogP contribution in [0.4, 0.5) is 0 Å². The zero-order valence-corrected chi connectivity index (χ0v) is 22.2. The highest BCUT2D eigenvalue weighted by atomic mass is 16.5. The maximum Gasteiger partial charge on any atom is 0.272 e. The highest BCUT2D eigenvalue weighted by Crippen LogP contribution is 2.24. The molecule has 0 atom stereocenters. The number of nitrogens with zero attached hydrogens (tertiary/aromatic N) is 11.